The number of ketones is 1. The van der Waals surface area contributed by atoms with Crippen molar-refractivity contribution in [2.24, 2.45) is 5.92 Å². The molecule has 0 fully saturated rings. The molecule has 0 aliphatic carbocycles. The Hall–Kier alpha value is -3.14. The Balaban J connectivity index is 2.04. The smallest absolute Gasteiger partial charge is 0.251 e. The Morgan fingerprint density at radius 1 is 0.929 bits per heavy atom. The highest BCUT2D eigenvalue weighted by atomic mass is 16.2. The lowest BCUT2D eigenvalue weighted by molar-refractivity contribution is 0.0868. The number of carbonyl (C=O) groups excluding carboxylic acids is 2. The van der Waals surface area contributed by atoms with Crippen molar-refractivity contribution < 1.29 is 9.59 Å². The molecule has 0 aliphatic heterocycles. The number of anilines is 1. The first-order valence-electron chi connectivity index (χ1n) is 9.44. The van der Waals surface area contributed by atoms with Crippen LogP contribution in [0, 0.1) is 5.92 Å². The van der Waals surface area contributed by atoms with Crippen LogP contribution in [0.25, 0.3) is 0 Å². The van der Waals surface area contributed by atoms with E-state index in [9.17, 15) is 9.59 Å². The molecule has 2 unspecified atom stereocenters. The Kier molecular flexibility index (Phi) is 7.76. The summed E-state index contributed by atoms with van der Waals surface area (Å²) in [6, 6.07) is 16.3. The molecule has 28 heavy (non-hydrogen) atoms. The van der Waals surface area contributed by atoms with Crippen LogP contribution in [0.2, 0.25) is 0 Å². The Bertz CT molecular complexity index is 802. The molecule has 2 rings (SSSR count). The number of hydrogen-bond donors (Lipinski definition) is 1. The molecule has 0 saturated carbocycles. The number of benzene rings is 2. The van der Waals surface area contributed by atoms with Crippen LogP contribution in [0.3, 0.4) is 0 Å². The third-order valence-corrected chi connectivity index (χ3v) is 4.77. The number of nitrogens with zero attached hydrogens (tertiary/aromatic N) is 1. The third kappa shape index (κ3) is 5.43. The summed E-state index contributed by atoms with van der Waals surface area (Å²) >= 11 is 0. The molecule has 0 heterocycles. The quantitative estimate of drug-likeness (QED) is 0.490. The van der Waals surface area contributed by atoms with Crippen molar-refractivity contribution in [3.8, 4) is 0 Å². The fourth-order valence-electron chi connectivity index (χ4n) is 2.93. The summed E-state index contributed by atoms with van der Waals surface area (Å²) in [6.07, 6.45) is 3.67. The molecule has 0 saturated heterocycles. The van der Waals surface area contributed by atoms with Gasteiger partial charge in [-0.3, -0.25) is 9.59 Å². The molecule has 2 aromatic carbocycles. The van der Waals surface area contributed by atoms with Gasteiger partial charge in [-0.1, -0.05) is 37.3 Å². The molecule has 146 valence electrons. The van der Waals surface area contributed by atoms with E-state index >= 15 is 0 Å². The van der Waals surface area contributed by atoms with E-state index in [1.165, 1.54) is 0 Å². The van der Waals surface area contributed by atoms with Crippen molar-refractivity contribution >= 4 is 17.4 Å². The summed E-state index contributed by atoms with van der Waals surface area (Å²) in [7, 11) is 0. The van der Waals surface area contributed by atoms with Crippen LogP contribution in [0.15, 0.2) is 79.9 Å². The largest absolute Gasteiger partial charge is 0.364 e. The number of rotatable bonds is 10. The molecular weight excluding hydrogens is 348 g/mol. The zero-order valence-corrected chi connectivity index (χ0v) is 16.6. The van der Waals surface area contributed by atoms with Crippen LogP contribution in [0.1, 0.15) is 34.6 Å². The molecule has 1 amide bonds. The second kappa shape index (κ2) is 10.3. The Labute approximate surface area is 167 Å². The van der Waals surface area contributed by atoms with Gasteiger partial charge in [0.15, 0.2) is 5.78 Å². The number of carbonyl (C=O) groups is 2. The maximum atomic E-state index is 12.8. The number of Topliss-reactive ketones (excluding diaryl/α,β-unsaturated/α-hetero) is 1. The van der Waals surface area contributed by atoms with Gasteiger partial charge in [0.05, 0.1) is 0 Å². The molecule has 4 nitrogen and oxygen atoms in total. The molecule has 2 aromatic rings. The zero-order valence-electron chi connectivity index (χ0n) is 16.6. The van der Waals surface area contributed by atoms with E-state index in [0.29, 0.717) is 24.2 Å². The minimum atomic E-state index is -0.337. The zero-order chi connectivity index (χ0) is 20.5. The molecular formula is C24H28N2O2. The lowest BCUT2D eigenvalue weighted by Crippen LogP contribution is -2.40. The Morgan fingerprint density at radius 3 is 2.04 bits per heavy atom. The van der Waals surface area contributed by atoms with Crippen LogP contribution < -0.4 is 10.2 Å². The van der Waals surface area contributed by atoms with Crippen LogP contribution in [0.4, 0.5) is 5.69 Å². The third-order valence-electron chi connectivity index (χ3n) is 4.77. The number of nitrogens with one attached hydrogen (secondary N) is 1. The van der Waals surface area contributed by atoms with Gasteiger partial charge in [0.1, 0.15) is 0 Å². The van der Waals surface area contributed by atoms with E-state index in [1.807, 2.05) is 68.5 Å². The van der Waals surface area contributed by atoms with Crippen molar-refractivity contribution in [3.05, 3.63) is 91.0 Å². The lowest BCUT2D eigenvalue weighted by atomic mass is 9.93. The van der Waals surface area contributed by atoms with E-state index in [0.717, 1.165) is 5.69 Å². The predicted molar refractivity (Wildman–Crippen MR) is 116 cm³/mol. The van der Waals surface area contributed by atoms with Crippen LogP contribution in [0.5, 0.6) is 0 Å². The minimum absolute atomic E-state index is 0.00593. The summed E-state index contributed by atoms with van der Waals surface area (Å²) in [5.41, 5.74) is 2.23. The molecule has 0 aromatic heterocycles. The average Bonchev–Trinajstić information content (AvgIpc) is 2.73. The first-order chi connectivity index (χ1) is 13.5. The van der Waals surface area contributed by atoms with E-state index in [2.05, 4.69) is 23.4 Å². The highest BCUT2D eigenvalue weighted by Crippen LogP contribution is 2.19. The molecule has 0 bridgehead atoms. The summed E-state index contributed by atoms with van der Waals surface area (Å²) in [4.78, 5) is 27.3. The van der Waals surface area contributed by atoms with Gasteiger partial charge < -0.3 is 10.2 Å². The molecule has 1 N–H and O–H groups in total. The number of hydrogen-bond acceptors (Lipinski definition) is 3. The summed E-state index contributed by atoms with van der Waals surface area (Å²) < 4.78 is 0. The fourth-order valence-corrected chi connectivity index (χ4v) is 2.93. The van der Waals surface area contributed by atoms with Gasteiger partial charge in [0, 0.05) is 41.9 Å². The highest BCUT2D eigenvalue weighted by Gasteiger charge is 2.23. The normalized spacial score (nSPS) is 12.5. The van der Waals surface area contributed by atoms with Gasteiger partial charge in [-0.25, -0.2) is 0 Å². The summed E-state index contributed by atoms with van der Waals surface area (Å²) in [5.74, 6) is -0.505. The van der Waals surface area contributed by atoms with Gasteiger partial charge in [0.2, 0.25) is 0 Å². The average molecular weight is 377 g/mol. The first-order valence-corrected chi connectivity index (χ1v) is 9.44. The molecule has 0 spiro atoms. The SMILES string of the molecule is C=CCN(CC=C)c1ccc(C(=O)C(C)C(C)NC(=O)c2ccccc2)cc1. The van der Waals surface area contributed by atoms with Crippen molar-refractivity contribution in [1.82, 2.24) is 5.32 Å². The predicted octanol–water partition coefficient (Wildman–Crippen LogP) is 4.50. The van der Waals surface area contributed by atoms with Crippen LogP contribution >= 0.6 is 0 Å². The molecule has 2 atom stereocenters. The lowest BCUT2D eigenvalue weighted by Gasteiger charge is -2.23. The Morgan fingerprint density at radius 2 is 1.50 bits per heavy atom. The van der Waals surface area contributed by atoms with Crippen molar-refractivity contribution in [2.75, 3.05) is 18.0 Å². The van der Waals surface area contributed by atoms with Gasteiger partial charge in [-0.15, -0.1) is 13.2 Å². The summed E-state index contributed by atoms with van der Waals surface area (Å²) in [6.45, 7) is 12.7. The van der Waals surface area contributed by atoms with Crippen LogP contribution in [-0.4, -0.2) is 30.8 Å². The maximum Gasteiger partial charge on any atom is 0.251 e. The fraction of sp³-hybridized carbons (Fsp3) is 0.250. The molecule has 4 heteroatoms. The van der Waals surface area contributed by atoms with Gasteiger partial charge in [-0.2, -0.15) is 0 Å². The molecule has 0 radical (unpaired) electrons. The first kappa shape index (κ1) is 21.2. The second-order valence-electron chi connectivity index (χ2n) is 6.81. The highest BCUT2D eigenvalue weighted by molar-refractivity contribution is 5.99. The number of amides is 1. The van der Waals surface area contributed by atoms with Gasteiger partial charge in [0.25, 0.3) is 5.91 Å². The monoisotopic (exact) mass is 376 g/mol. The molecule has 0 aliphatic rings. The van der Waals surface area contributed by atoms with Crippen LogP contribution in [-0.2, 0) is 0 Å². The van der Waals surface area contributed by atoms with E-state index in [1.54, 1.807) is 12.1 Å². The topological polar surface area (TPSA) is 49.4 Å². The van der Waals surface area contributed by atoms with E-state index in [4.69, 9.17) is 0 Å². The van der Waals surface area contributed by atoms with Gasteiger partial charge in [-0.05, 0) is 43.3 Å². The maximum absolute atomic E-state index is 12.8. The van der Waals surface area contributed by atoms with Crippen molar-refractivity contribution in [3.63, 3.8) is 0 Å². The van der Waals surface area contributed by atoms with E-state index < -0.39 is 0 Å². The van der Waals surface area contributed by atoms with Gasteiger partial charge >= 0.3 is 0 Å². The van der Waals surface area contributed by atoms with Crippen molar-refractivity contribution in [1.29, 1.82) is 0 Å². The van der Waals surface area contributed by atoms with E-state index in [-0.39, 0.29) is 23.7 Å². The van der Waals surface area contributed by atoms with Crippen molar-refractivity contribution in [2.45, 2.75) is 19.9 Å². The second-order valence-corrected chi connectivity index (χ2v) is 6.81. The minimum Gasteiger partial charge on any atom is -0.364 e. The standard InChI is InChI=1S/C24H28N2O2/c1-5-16-26(17-6-2)22-14-12-20(13-15-22)23(27)18(3)19(4)25-24(28)21-10-8-7-9-11-21/h5-15,18-19H,1-2,16-17H2,3-4H3,(H,25,28). The summed E-state index contributed by atoms with van der Waals surface area (Å²) in [5, 5.41) is 2.92.